The molecule has 0 heterocycles. The number of rotatable bonds is 5. The van der Waals surface area contributed by atoms with Crippen LogP contribution >= 0.6 is 0 Å². The van der Waals surface area contributed by atoms with Crippen LogP contribution in [0.4, 0.5) is 8.78 Å². The minimum absolute atomic E-state index is 0.0195. The third-order valence-corrected chi connectivity index (χ3v) is 5.93. The van der Waals surface area contributed by atoms with Crippen LogP contribution in [0.25, 0.3) is 11.1 Å². The van der Waals surface area contributed by atoms with Gasteiger partial charge in [0.05, 0.1) is 6.61 Å². The van der Waals surface area contributed by atoms with Gasteiger partial charge in [-0.2, -0.15) is 4.39 Å². The second-order valence-electron chi connectivity index (χ2n) is 8.07. The molecule has 0 bridgehead atoms. The summed E-state index contributed by atoms with van der Waals surface area (Å²) >= 11 is 0. The van der Waals surface area contributed by atoms with E-state index in [0.717, 1.165) is 18.8 Å². The largest absolute Gasteiger partial charge is 0.490 e. The van der Waals surface area contributed by atoms with Crippen LogP contribution in [-0.2, 0) is 0 Å². The molecular weight excluding hydrogens is 330 g/mol. The van der Waals surface area contributed by atoms with Crippen molar-refractivity contribution in [2.24, 2.45) is 11.8 Å². The standard InChI is InChI=1S/C23H26F2O/c1-15-2-6-17(7-3-15)18-8-10-19(11-9-18)20-12-13-21(23(25)22(20)24)26-14-16-4-5-16/h8-13,15-17H,2-7,14H2,1H3. The van der Waals surface area contributed by atoms with Gasteiger partial charge in [0.2, 0.25) is 5.82 Å². The Morgan fingerprint density at radius 1 is 0.846 bits per heavy atom. The van der Waals surface area contributed by atoms with Crippen LogP contribution in [-0.4, -0.2) is 6.61 Å². The molecule has 2 aliphatic carbocycles. The van der Waals surface area contributed by atoms with Crippen molar-refractivity contribution >= 4 is 0 Å². The van der Waals surface area contributed by atoms with Crippen LogP contribution in [0.15, 0.2) is 36.4 Å². The molecule has 0 amide bonds. The summed E-state index contributed by atoms with van der Waals surface area (Å²) in [7, 11) is 0. The normalized spacial score (nSPS) is 23.0. The quantitative estimate of drug-likeness (QED) is 0.578. The van der Waals surface area contributed by atoms with E-state index in [2.05, 4.69) is 19.1 Å². The molecule has 0 atom stereocenters. The number of hydrogen-bond donors (Lipinski definition) is 0. The second kappa shape index (κ2) is 7.38. The van der Waals surface area contributed by atoms with Crippen LogP contribution in [0.5, 0.6) is 5.75 Å². The second-order valence-corrected chi connectivity index (χ2v) is 8.07. The number of ether oxygens (including phenoxy) is 1. The smallest absolute Gasteiger partial charge is 0.201 e. The van der Waals surface area contributed by atoms with Gasteiger partial charge in [-0.1, -0.05) is 44.0 Å². The van der Waals surface area contributed by atoms with Crippen molar-refractivity contribution in [3.05, 3.63) is 53.6 Å². The van der Waals surface area contributed by atoms with E-state index in [1.807, 2.05) is 12.1 Å². The van der Waals surface area contributed by atoms with Crippen molar-refractivity contribution in [1.29, 1.82) is 0 Å². The highest BCUT2D eigenvalue weighted by molar-refractivity contribution is 5.65. The monoisotopic (exact) mass is 356 g/mol. The molecule has 4 rings (SSSR count). The molecule has 0 saturated heterocycles. The zero-order valence-corrected chi connectivity index (χ0v) is 15.3. The van der Waals surface area contributed by atoms with E-state index in [-0.39, 0.29) is 5.75 Å². The molecule has 2 aliphatic rings. The van der Waals surface area contributed by atoms with Gasteiger partial charge < -0.3 is 4.74 Å². The Labute approximate surface area is 154 Å². The lowest BCUT2D eigenvalue weighted by Gasteiger charge is -2.26. The first-order chi connectivity index (χ1) is 12.6. The molecule has 1 nitrogen and oxygen atoms in total. The summed E-state index contributed by atoms with van der Waals surface area (Å²) in [6, 6.07) is 11.1. The van der Waals surface area contributed by atoms with Crippen molar-refractivity contribution in [2.45, 2.75) is 51.4 Å². The average Bonchev–Trinajstić information content (AvgIpc) is 3.48. The van der Waals surface area contributed by atoms with Crippen LogP contribution in [0.3, 0.4) is 0 Å². The summed E-state index contributed by atoms with van der Waals surface area (Å²) in [5.74, 6) is 0.243. The Hall–Kier alpha value is -1.90. The topological polar surface area (TPSA) is 9.23 Å². The number of benzene rings is 2. The van der Waals surface area contributed by atoms with E-state index in [4.69, 9.17) is 4.74 Å². The minimum atomic E-state index is -0.881. The van der Waals surface area contributed by atoms with Crippen LogP contribution in [0.2, 0.25) is 0 Å². The van der Waals surface area contributed by atoms with E-state index in [1.165, 1.54) is 31.2 Å². The highest BCUT2D eigenvalue weighted by Crippen LogP contribution is 2.37. The Kier molecular flexibility index (Phi) is 4.97. The van der Waals surface area contributed by atoms with Gasteiger partial charge in [0, 0.05) is 5.56 Å². The first-order valence-corrected chi connectivity index (χ1v) is 9.83. The average molecular weight is 356 g/mol. The van der Waals surface area contributed by atoms with E-state index in [0.29, 0.717) is 29.6 Å². The van der Waals surface area contributed by atoms with E-state index < -0.39 is 11.6 Å². The Morgan fingerprint density at radius 2 is 1.54 bits per heavy atom. The molecule has 26 heavy (non-hydrogen) atoms. The van der Waals surface area contributed by atoms with Crippen molar-refractivity contribution < 1.29 is 13.5 Å². The first-order valence-electron chi connectivity index (χ1n) is 9.83. The van der Waals surface area contributed by atoms with Crippen molar-refractivity contribution in [2.75, 3.05) is 6.61 Å². The zero-order valence-electron chi connectivity index (χ0n) is 15.3. The fraction of sp³-hybridized carbons (Fsp3) is 0.478. The van der Waals surface area contributed by atoms with Gasteiger partial charge >= 0.3 is 0 Å². The SMILES string of the molecule is CC1CCC(c2ccc(-c3ccc(OCC4CC4)c(F)c3F)cc2)CC1. The van der Waals surface area contributed by atoms with Gasteiger partial charge in [-0.3, -0.25) is 0 Å². The molecule has 3 heteroatoms. The molecule has 138 valence electrons. The van der Waals surface area contributed by atoms with Crippen molar-refractivity contribution in [3.8, 4) is 16.9 Å². The maximum Gasteiger partial charge on any atom is 0.201 e. The van der Waals surface area contributed by atoms with Gasteiger partial charge in [0.1, 0.15) is 0 Å². The van der Waals surface area contributed by atoms with Gasteiger partial charge in [0.15, 0.2) is 11.6 Å². The third-order valence-electron chi connectivity index (χ3n) is 5.93. The molecule has 2 fully saturated rings. The summed E-state index contributed by atoms with van der Waals surface area (Å²) in [6.45, 7) is 2.79. The van der Waals surface area contributed by atoms with Gasteiger partial charge in [-0.15, -0.1) is 0 Å². The highest BCUT2D eigenvalue weighted by atomic mass is 19.2. The Bertz CT molecular complexity index is 757. The highest BCUT2D eigenvalue weighted by Gasteiger charge is 2.24. The Morgan fingerprint density at radius 3 is 2.19 bits per heavy atom. The lowest BCUT2D eigenvalue weighted by Crippen LogP contribution is -2.10. The van der Waals surface area contributed by atoms with E-state index in [1.54, 1.807) is 12.1 Å². The van der Waals surface area contributed by atoms with Crippen molar-refractivity contribution in [3.63, 3.8) is 0 Å². The van der Waals surface area contributed by atoms with E-state index >= 15 is 0 Å². The van der Waals surface area contributed by atoms with Gasteiger partial charge in [0.25, 0.3) is 0 Å². The summed E-state index contributed by atoms with van der Waals surface area (Å²) in [5, 5.41) is 0. The maximum absolute atomic E-state index is 14.5. The first kappa shape index (κ1) is 17.5. The molecule has 2 aromatic rings. The fourth-order valence-electron chi connectivity index (χ4n) is 3.89. The van der Waals surface area contributed by atoms with Crippen LogP contribution in [0.1, 0.15) is 56.9 Å². The van der Waals surface area contributed by atoms with Gasteiger partial charge in [-0.25, -0.2) is 4.39 Å². The zero-order chi connectivity index (χ0) is 18.1. The summed E-state index contributed by atoms with van der Waals surface area (Å²) in [4.78, 5) is 0. The molecule has 0 aliphatic heterocycles. The molecule has 0 unspecified atom stereocenters. The summed E-state index contributed by atoms with van der Waals surface area (Å²) in [5.41, 5.74) is 2.32. The minimum Gasteiger partial charge on any atom is -0.490 e. The maximum atomic E-state index is 14.5. The third kappa shape index (κ3) is 3.77. The van der Waals surface area contributed by atoms with Crippen molar-refractivity contribution in [1.82, 2.24) is 0 Å². The molecule has 0 spiro atoms. The molecule has 2 aromatic carbocycles. The number of hydrogen-bond acceptors (Lipinski definition) is 1. The van der Waals surface area contributed by atoms with E-state index in [9.17, 15) is 8.78 Å². The van der Waals surface area contributed by atoms with Crippen LogP contribution in [0, 0.1) is 23.5 Å². The molecule has 2 saturated carbocycles. The molecule has 0 radical (unpaired) electrons. The summed E-state index contributed by atoms with van der Waals surface area (Å²) < 4.78 is 34.3. The van der Waals surface area contributed by atoms with Gasteiger partial charge in [-0.05, 0) is 66.7 Å². The Balaban J connectivity index is 1.50. The lowest BCUT2D eigenvalue weighted by molar-refractivity contribution is 0.280. The molecular formula is C23H26F2O. The number of halogens is 2. The fourth-order valence-corrected chi connectivity index (χ4v) is 3.89. The lowest BCUT2D eigenvalue weighted by atomic mass is 9.79. The van der Waals surface area contributed by atoms with Crippen LogP contribution < -0.4 is 4.74 Å². The predicted octanol–water partition coefficient (Wildman–Crippen LogP) is 6.71. The summed E-state index contributed by atoms with van der Waals surface area (Å²) in [6.07, 6.45) is 7.22. The molecule has 0 N–H and O–H groups in total. The molecule has 0 aromatic heterocycles. The predicted molar refractivity (Wildman–Crippen MR) is 100 cm³/mol.